The maximum Gasteiger partial charge on any atom is 0.261 e. The number of carbonyl (C=O) groups is 1. The standard InChI is InChI=1S/C22H23N3O6S/c1-30-21-13-15(18-5-2-3-6-19(18)23-21)14-31-16-8-10-17(11-9-16)32(28,29)25-12-4-7-20(25)22(26)24-27/h2-3,5-6,8-11,13,20,27H,4,7,12,14H2,1H3,(H,24,26)/t20-/m1/s1. The average Bonchev–Trinajstić information content (AvgIpc) is 3.33. The Morgan fingerprint density at radius 3 is 2.69 bits per heavy atom. The quantitative estimate of drug-likeness (QED) is 0.413. The molecule has 0 saturated carbocycles. The number of ether oxygens (including phenoxy) is 2. The monoisotopic (exact) mass is 457 g/mol. The highest BCUT2D eigenvalue weighted by Crippen LogP contribution is 2.28. The number of sulfonamides is 1. The summed E-state index contributed by atoms with van der Waals surface area (Å²) in [4.78, 5) is 16.3. The average molecular weight is 458 g/mol. The second-order valence-electron chi connectivity index (χ2n) is 7.35. The first-order chi connectivity index (χ1) is 15.4. The van der Waals surface area contributed by atoms with Crippen molar-refractivity contribution in [2.24, 2.45) is 0 Å². The predicted octanol–water partition coefficient (Wildman–Crippen LogP) is 2.48. The molecule has 1 aromatic heterocycles. The summed E-state index contributed by atoms with van der Waals surface area (Å²) in [5, 5.41) is 9.83. The molecule has 1 saturated heterocycles. The van der Waals surface area contributed by atoms with Gasteiger partial charge in [-0.1, -0.05) is 18.2 Å². The molecule has 0 spiro atoms. The van der Waals surface area contributed by atoms with Gasteiger partial charge in [-0.3, -0.25) is 10.0 Å². The number of carbonyl (C=O) groups excluding carboxylic acids is 1. The smallest absolute Gasteiger partial charge is 0.261 e. The van der Waals surface area contributed by atoms with Crippen LogP contribution in [-0.2, 0) is 21.4 Å². The van der Waals surface area contributed by atoms with Crippen molar-refractivity contribution < 1.29 is 27.9 Å². The highest BCUT2D eigenvalue weighted by Gasteiger charge is 2.39. The van der Waals surface area contributed by atoms with E-state index in [1.807, 2.05) is 24.3 Å². The molecule has 0 bridgehead atoms. The number of pyridine rings is 1. The Balaban J connectivity index is 1.51. The molecule has 1 atom stereocenters. The zero-order valence-corrected chi connectivity index (χ0v) is 18.2. The molecule has 32 heavy (non-hydrogen) atoms. The fraction of sp³-hybridized carbons (Fsp3) is 0.273. The molecule has 1 aliphatic heterocycles. The molecule has 2 N–H and O–H groups in total. The fourth-order valence-electron chi connectivity index (χ4n) is 3.81. The van der Waals surface area contributed by atoms with Crippen molar-refractivity contribution in [2.75, 3.05) is 13.7 Å². The van der Waals surface area contributed by atoms with Crippen LogP contribution in [0.2, 0.25) is 0 Å². The van der Waals surface area contributed by atoms with E-state index in [1.165, 1.54) is 12.1 Å². The molecule has 1 amide bonds. The van der Waals surface area contributed by atoms with Crippen molar-refractivity contribution in [3.05, 3.63) is 60.2 Å². The van der Waals surface area contributed by atoms with E-state index in [-0.39, 0.29) is 18.0 Å². The summed E-state index contributed by atoms with van der Waals surface area (Å²) in [6.45, 7) is 0.464. The van der Waals surface area contributed by atoms with Gasteiger partial charge in [-0.05, 0) is 43.2 Å². The van der Waals surface area contributed by atoms with E-state index in [4.69, 9.17) is 14.7 Å². The number of hydroxylamine groups is 1. The molecule has 1 fully saturated rings. The number of methoxy groups -OCH3 is 1. The maximum atomic E-state index is 13.0. The van der Waals surface area contributed by atoms with E-state index in [0.717, 1.165) is 20.8 Å². The predicted molar refractivity (Wildman–Crippen MR) is 116 cm³/mol. The number of hydrogen-bond donors (Lipinski definition) is 2. The summed E-state index contributed by atoms with van der Waals surface area (Å²) in [5.41, 5.74) is 3.22. The van der Waals surface area contributed by atoms with Gasteiger partial charge in [-0.15, -0.1) is 0 Å². The van der Waals surface area contributed by atoms with Crippen LogP contribution in [0.25, 0.3) is 10.9 Å². The fourth-order valence-corrected chi connectivity index (χ4v) is 5.47. The van der Waals surface area contributed by atoms with Crippen LogP contribution in [0, 0.1) is 0 Å². The first-order valence-electron chi connectivity index (χ1n) is 10.1. The van der Waals surface area contributed by atoms with Crippen molar-refractivity contribution in [3.8, 4) is 11.6 Å². The molecule has 3 aromatic rings. The molecule has 0 radical (unpaired) electrons. The maximum absolute atomic E-state index is 13.0. The van der Waals surface area contributed by atoms with Gasteiger partial charge in [-0.2, -0.15) is 4.31 Å². The van der Waals surface area contributed by atoms with Crippen molar-refractivity contribution in [2.45, 2.75) is 30.4 Å². The third-order valence-corrected chi connectivity index (χ3v) is 7.35. The number of hydrogen-bond acceptors (Lipinski definition) is 7. The molecule has 4 rings (SSSR count). The second-order valence-corrected chi connectivity index (χ2v) is 9.24. The first kappa shape index (κ1) is 22.0. The minimum absolute atomic E-state index is 0.0542. The summed E-state index contributed by atoms with van der Waals surface area (Å²) >= 11 is 0. The van der Waals surface area contributed by atoms with E-state index in [2.05, 4.69) is 4.98 Å². The molecule has 2 aromatic carbocycles. The van der Waals surface area contributed by atoms with Crippen LogP contribution in [0.4, 0.5) is 0 Å². The van der Waals surface area contributed by atoms with Gasteiger partial charge in [0.2, 0.25) is 15.9 Å². The van der Waals surface area contributed by atoms with Gasteiger partial charge in [0.05, 0.1) is 17.5 Å². The minimum atomic E-state index is -3.88. The van der Waals surface area contributed by atoms with Gasteiger partial charge in [0, 0.05) is 23.6 Å². The summed E-state index contributed by atoms with van der Waals surface area (Å²) in [6, 6.07) is 14.6. The van der Waals surface area contributed by atoms with Gasteiger partial charge >= 0.3 is 0 Å². The summed E-state index contributed by atoms with van der Waals surface area (Å²) in [5.74, 6) is 0.247. The van der Waals surface area contributed by atoms with Crippen LogP contribution in [0.5, 0.6) is 11.6 Å². The molecule has 168 valence electrons. The highest BCUT2D eigenvalue weighted by molar-refractivity contribution is 7.89. The van der Waals surface area contributed by atoms with Crippen LogP contribution in [0.1, 0.15) is 18.4 Å². The van der Waals surface area contributed by atoms with Gasteiger partial charge in [0.1, 0.15) is 18.4 Å². The molecule has 0 unspecified atom stereocenters. The lowest BCUT2D eigenvalue weighted by atomic mass is 10.1. The van der Waals surface area contributed by atoms with E-state index >= 15 is 0 Å². The number of fused-ring (bicyclic) bond motifs is 1. The van der Waals surface area contributed by atoms with E-state index in [1.54, 1.807) is 30.8 Å². The first-order valence-corrected chi connectivity index (χ1v) is 11.5. The van der Waals surface area contributed by atoms with Crippen molar-refractivity contribution in [1.82, 2.24) is 14.8 Å². The Kier molecular flexibility index (Phi) is 6.26. The number of nitrogens with one attached hydrogen (secondary N) is 1. The van der Waals surface area contributed by atoms with Gasteiger partial charge < -0.3 is 9.47 Å². The number of aromatic nitrogens is 1. The van der Waals surface area contributed by atoms with Crippen LogP contribution in [0.15, 0.2) is 59.5 Å². The lowest BCUT2D eigenvalue weighted by molar-refractivity contribution is -0.132. The minimum Gasteiger partial charge on any atom is -0.489 e. The van der Waals surface area contributed by atoms with Crippen LogP contribution < -0.4 is 15.0 Å². The third kappa shape index (κ3) is 4.24. The van der Waals surface area contributed by atoms with Crippen LogP contribution in [-0.4, -0.2) is 48.5 Å². The summed E-state index contributed by atoms with van der Waals surface area (Å²) < 4.78 is 38.2. The molecule has 9 nitrogen and oxygen atoms in total. The summed E-state index contributed by atoms with van der Waals surface area (Å²) in [6.07, 6.45) is 0.901. The molecule has 10 heteroatoms. The highest BCUT2D eigenvalue weighted by atomic mass is 32.2. The topological polar surface area (TPSA) is 118 Å². The Hall–Kier alpha value is -3.21. The van der Waals surface area contributed by atoms with Crippen LogP contribution >= 0.6 is 0 Å². The van der Waals surface area contributed by atoms with Crippen LogP contribution in [0.3, 0.4) is 0 Å². The number of rotatable bonds is 7. The lowest BCUT2D eigenvalue weighted by Gasteiger charge is -2.22. The summed E-state index contributed by atoms with van der Waals surface area (Å²) in [7, 11) is -2.33. The Morgan fingerprint density at radius 2 is 1.97 bits per heavy atom. The second kappa shape index (κ2) is 9.11. The number of benzene rings is 2. The molecular weight excluding hydrogens is 434 g/mol. The largest absolute Gasteiger partial charge is 0.489 e. The van der Waals surface area contributed by atoms with E-state index in [0.29, 0.717) is 24.5 Å². The van der Waals surface area contributed by atoms with Gasteiger partial charge in [0.25, 0.3) is 5.91 Å². The van der Waals surface area contributed by atoms with E-state index in [9.17, 15) is 13.2 Å². The normalized spacial score (nSPS) is 16.8. The molecular formula is C22H23N3O6S. The van der Waals surface area contributed by atoms with E-state index < -0.39 is 22.0 Å². The SMILES string of the molecule is COc1cc(COc2ccc(S(=O)(=O)N3CCC[C@@H]3C(=O)NO)cc2)c2ccccc2n1. The lowest BCUT2D eigenvalue weighted by Crippen LogP contribution is -2.44. The number of amides is 1. The molecule has 1 aliphatic rings. The Labute approximate surface area is 185 Å². The Morgan fingerprint density at radius 1 is 1.22 bits per heavy atom. The van der Waals surface area contributed by atoms with Crippen molar-refractivity contribution in [1.29, 1.82) is 0 Å². The Bertz CT molecular complexity index is 1230. The number of para-hydroxylation sites is 1. The van der Waals surface area contributed by atoms with Gasteiger partial charge in [0.15, 0.2) is 0 Å². The zero-order valence-electron chi connectivity index (χ0n) is 17.4. The molecule has 2 heterocycles. The molecule has 0 aliphatic carbocycles. The van der Waals surface area contributed by atoms with Gasteiger partial charge in [-0.25, -0.2) is 18.9 Å². The van der Waals surface area contributed by atoms with Crippen molar-refractivity contribution in [3.63, 3.8) is 0 Å². The third-order valence-electron chi connectivity index (χ3n) is 5.43. The van der Waals surface area contributed by atoms with Crippen molar-refractivity contribution >= 4 is 26.8 Å². The zero-order chi connectivity index (χ0) is 22.7. The number of nitrogens with zero attached hydrogens (tertiary/aromatic N) is 2.